The van der Waals surface area contributed by atoms with Gasteiger partial charge in [-0.3, -0.25) is 14.4 Å². The van der Waals surface area contributed by atoms with Gasteiger partial charge in [0, 0.05) is 19.3 Å². The number of carbonyl (C=O) groups is 3. The molecule has 0 amide bonds. The fourth-order valence-corrected chi connectivity index (χ4v) is 7.02. The molecule has 0 aliphatic heterocycles. The molecule has 0 rings (SSSR count). The zero-order valence-corrected chi connectivity index (χ0v) is 42.2. The smallest absolute Gasteiger partial charge is 0.306 e. The molecule has 0 aliphatic rings. The summed E-state index contributed by atoms with van der Waals surface area (Å²) in [5.74, 6) is -0.954. The first-order valence-electron chi connectivity index (χ1n) is 26.7. The van der Waals surface area contributed by atoms with Gasteiger partial charge in [-0.05, 0) is 122 Å². The van der Waals surface area contributed by atoms with Crippen LogP contribution in [0.5, 0.6) is 0 Å². The van der Waals surface area contributed by atoms with Crippen molar-refractivity contribution in [2.75, 3.05) is 13.2 Å². The Morgan fingerprint density at radius 1 is 0.323 bits per heavy atom. The van der Waals surface area contributed by atoms with Gasteiger partial charge in [0.2, 0.25) is 0 Å². The van der Waals surface area contributed by atoms with Crippen molar-refractivity contribution < 1.29 is 28.6 Å². The number of carbonyl (C=O) groups excluding carboxylic acids is 3. The molecule has 0 aromatic heterocycles. The number of allylic oxidation sites excluding steroid dienone is 16. The van der Waals surface area contributed by atoms with Crippen molar-refractivity contribution in [1.82, 2.24) is 0 Å². The predicted octanol–water partition coefficient (Wildman–Crippen LogP) is 17.8. The first-order valence-corrected chi connectivity index (χ1v) is 26.7. The van der Waals surface area contributed by atoms with Crippen molar-refractivity contribution in [2.24, 2.45) is 0 Å². The topological polar surface area (TPSA) is 78.9 Å². The fourth-order valence-electron chi connectivity index (χ4n) is 7.02. The molecule has 0 bridgehead atoms. The highest BCUT2D eigenvalue weighted by atomic mass is 16.6. The standard InChI is InChI=1S/C59H98O6/c1-4-7-10-13-16-19-22-25-28-29-32-34-37-40-43-46-49-52-58(61)64-55-56(65-59(62)53-50-47-44-41-38-35-31-27-24-21-18-15-12-9-6-3)54-63-57(60)51-48-45-42-39-36-33-30-26-23-20-17-14-11-8-5-2/h9,12,16-21,25-28,30-32,34,56H,4-8,10-11,13-15,22-24,29,33,35-55H2,1-3H3/b12-9-,19-16-,20-17-,21-18-,28-25-,30-26-,31-27-,34-32-/t56-/m0/s1. The van der Waals surface area contributed by atoms with Gasteiger partial charge in [0.1, 0.15) is 13.2 Å². The molecular formula is C59H98O6. The van der Waals surface area contributed by atoms with Gasteiger partial charge in [-0.1, -0.05) is 195 Å². The van der Waals surface area contributed by atoms with Crippen LogP contribution in [0, 0.1) is 0 Å². The Hall–Kier alpha value is -3.67. The minimum atomic E-state index is -0.803. The number of esters is 3. The van der Waals surface area contributed by atoms with Gasteiger partial charge in [-0.15, -0.1) is 0 Å². The Labute approximate surface area is 400 Å². The largest absolute Gasteiger partial charge is 0.462 e. The van der Waals surface area contributed by atoms with Crippen molar-refractivity contribution in [3.63, 3.8) is 0 Å². The van der Waals surface area contributed by atoms with Gasteiger partial charge in [0.25, 0.3) is 0 Å². The lowest BCUT2D eigenvalue weighted by Gasteiger charge is -2.18. The van der Waals surface area contributed by atoms with Crippen LogP contribution >= 0.6 is 0 Å². The van der Waals surface area contributed by atoms with Crippen LogP contribution in [0.2, 0.25) is 0 Å². The van der Waals surface area contributed by atoms with E-state index in [9.17, 15) is 14.4 Å². The molecule has 0 saturated heterocycles. The molecule has 0 aromatic carbocycles. The molecule has 0 saturated carbocycles. The van der Waals surface area contributed by atoms with E-state index in [1.54, 1.807) is 0 Å². The lowest BCUT2D eigenvalue weighted by Crippen LogP contribution is -2.30. The second-order valence-electron chi connectivity index (χ2n) is 17.4. The predicted molar refractivity (Wildman–Crippen MR) is 279 cm³/mol. The second kappa shape index (κ2) is 52.9. The number of ether oxygens (including phenoxy) is 3. The SMILES string of the molecule is CC/C=C\C/C=C\C/C=C\CCCCCCCC(=O)O[C@H](COC(=O)CCCCCC/C=C\C/C=C\C/C=C\CCCCC)COC(=O)CCCCCCC/C=C\C/C=C\CCCCC. The lowest BCUT2D eigenvalue weighted by atomic mass is 10.1. The van der Waals surface area contributed by atoms with Gasteiger partial charge < -0.3 is 14.2 Å². The van der Waals surface area contributed by atoms with E-state index in [0.29, 0.717) is 19.3 Å². The normalized spacial score (nSPS) is 12.8. The van der Waals surface area contributed by atoms with E-state index in [2.05, 4.69) is 118 Å². The summed E-state index contributed by atoms with van der Waals surface area (Å²) in [6.45, 7) is 6.42. The molecule has 0 unspecified atom stereocenters. The van der Waals surface area contributed by atoms with E-state index in [-0.39, 0.29) is 31.1 Å². The lowest BCUT2D eigenvalue weighted by molar-refractivity contribution is -0.167. The van der Waals surface area contributed by atoms with Crippen molar-refractivity contribution >= 4 is 17.9 Å². The van der Waals surface area contributed by atoms with Crippen LogP contribution < -0.4 is 0 Å². The molecule has 0 aliphatic carbocycles. The van der Waals surface area contributed by atoms with Crippen molar-refractivity contribution in [3.05, 3.63) is 97.2 Å². The summed E-state index contributed by atoms with van der Waals surface area (Å²) in [5.41, 5.74) is 0. The average molecular weight is 903 g/mol. The summed E-state index contributed by atoms with van der Waals surface area (Å²) < 4.78 is 16.8. The Kier molecular flexibility index (Phi) is 50.0. The summed E-state index contributed by atoms with van der Waals surface area (Å²) in [6, 6.07) is 0. The van der Waals surface area contributed by atoms with Gasteiger partial charge in [0.05, 0.1) is 0 Å². The monoisotopic (exact) mass is 903 g/mol. The first kappa shape index (κ1) is 61.3. The molecule has 0 spiro atoms. The highest BCUT2D eigenvalue weighted by molar-refractivity contribution is 5.71. The number of rotatable bonds is 47. The van der Waals surface area contributed by atoms with Crippen molar-refractivity contribution in [2.45, 2.75) is 245 Å². The minimum Gasteiger partial charge on any atom is -0.462 e. The Balaban J connectivity index is 4.49. The van der Waals surface area contributed by atoms with Gasteiger partial charge in [0.15, 0.2) is 6.10 Å². The maximum absolute atomic E-state index is 12.8. The molecule has 65 heavy (non-hydrogen) atoms. The summed E-state index contributed by atoms with van der Waals surface area (Å²) in [6.07, 6.45) is 69.5. The summed E-state index contributed by atoms with van der Waals surface area (Å²) in [4.78, 5) is 38.0. The van der Waals surface area contributed by atoms with Crippen LogP contribution in [0.4, 0.5) is 0 Å². The molecular weight excluding hydrogens is 805 g/mol. The average Bonchev–Trinajstić information content (AvgIpc) is 3.30. The fraction of sp³-hybridized carbons (Fsp3) is 0.678. The third-order valence-electron chi connectivity index (χ3n) is 11.0. The van der Waals surface area contributed by atoms with E-state index < -0.39 is 6.10 Å². The van der Waals surface area contributed by atoms with Gasteiger partial charge in [-0.25, -0.2) is 0 Å². The molecule has 0 aromatic rings. The third-order valence-corrected chi connectivity index (χ3v) is 11.0. The number of unbranched alkanes of at least 4 members (excludes halogenated alkanes) is 20. The van der Waals surface area contributed by atoms with Crippen LogP contribution in [0.3, 0.4) is 0 Å². The summed E-state index contributed by atoms with van der Waals surface area (Å²) >= 11 is 0. The van der Waals surface area contributed by atoms with Crippen molar-refractivity contribution in [1.29, 1.82) is 0 Å². The molecule has 0 radical (unpaired) electrons. The summed E-state index contributed by atoms with van der Waals surface area (Å²) in [7, 11) is 0. The van der Waals surface area contributed by atoms with Crippen molar-refractivity contribution in [3.8, 4) is 0 Å². The van der Waals surface area contributed by atoms with Crippen LogP contribution in [-0.4, -0.2) is 37.2 Å². The Morgan fingerprint density at radius 2 is 0.600 bits per heavy atom. The highest BCUT2D eigenvalue weighted by Gasteiger charge is 2.19. The quantitative estimate of drug-likeness (QED) is 0.0262. The Morgan fingerprint density at radius 3 is 0.938 bits per heavy atom. The molecule has 1 atom stereocenters. The Bertz CT molecular complexity index is 1310. The highest BCUT2D eigenvalue weighted by Crippen LogP contribution is 2.13. The third kappa shape index (κ3) is 51.2. The van der Waals surface area contributed by atoms with Gasteiger partial charge in [-0.2, -0.15) is 0 Å². The number of hydrogen-bond donors (Lipinski definition) is 0. The van der Waals surface area contributed by atoms with E-state index >= 15 is 0 Å². The maximum Gasteiger partial charge on any atom is 0.306 e. The van der Waals surface area contributed by atoms with E-state index in [1.165, 1.54) is 51.4 Å². The minimum absolute atomic E-state index is 0.100. The second-order valence-corrected chi connectivity index (χ2v) is 17.4. The number of hydrogen-bond acceptors (Lipinski definition) is 6. The molecule has 6 nitrogen and oxygen atoms in total. The molecule has 6 heteroatoms. The van der Waals surface area contributed by atoms with Crippen LogP contribution in [0.1, 0.15) is 239 Å². The molecule has 0 heterocycles. The van der Waals surface area contributed by atoms with Gasteiger partial charge >= 0.3 is 17.9 Å². The van der Waals surface area contributed by atoms with E-state index in [0.717, 1.165) is 148 Å². The molecule has 0 fully saturated rings. The molecule has 370 valence electrons. The van der Waals surface area contributed by atoms with Crippen LogP contribution in [-0.2, 0) is 28.6 Å². The first-order chi connectivity index (χ1) is 32.0. The summed E-state index contributed by atoms with van der Waals surface area (Å²) in [5, 5.41) is 0. The molecule has 0 N–H and O–H groups in total. The van der Waals surface area contributed by atoms with Crippen LogP contribution in [0.15, 0.2) is 97.2 Å². The van der Waals surface area contributed by atoms with E-state index in [1.807, 2.05) is 0 Å². The zero-order valence-electron chi connectivity index (χ0n) is 42.2. The van der Waals surface area contributed by atoms with Crippen LogP contribution in [0.25, 0.3) is 0 Å². The van der Waals surface area contributed by atoms with E-state index in [4.69, 9.17) is 14.2 Å². The maximum atomic E-state index is 12.8. The zero-order chi connectivity index (χ0) is 47.2.